The molecule has 1 amide bonds. The first-order valence-electron chi connectivity index (χ1n) is 16.2. The Kier molecular flexibility index (Phi) is 9.29. The Morgan fingerprint density at radius 2 is 1.90 bits per heavy atom. The van der Waals surface area contributed by atoms with Gasteiger partial charge in [0.25, 0.3) is 5.91 Å². The summed E-state index contributed by atoms with van der Waals surface area (Å²) in [6, 6.07) is 8.11. The lowest BCUT2D eigenvalue weighted by molar-refractivity contribution is -0.140. The monoisotopic (exact) mass is 697 g/mol. The standard InChI is InChI=1S/C33H39F4N9O2Si/c1-49(2,3)16-15-48-21-44-14-9-24-28(40-20-41-30(24)44)25-17-46(42-29(25)39)32(10-11-38)18-45(19-32)22-7-12-43(13-8-22)31(47)23-5-4-6-26(27(23)34)33(35,36)37/h4-6,9,14,17,20,22H,7-8,10,12-13,15-16,18-19,21H2,1-3H3,(H2,39,42). The summed E-state index contributed by atoms with van der Waals surface area (Å²) in [4.78, 5) is 25.6. The Balaban J connectivity index is 1.12. The van der Waals surface area contributed by atoms with Gasteiger partial charge in [-0.25, -0.2) is 14.4 Å². The number of piperidine rings is 1. The molecule has 3 aromatic heterocycles. The van der Waals surface area contributed by atoms with Crippen LogP contribution in [0, 0.1) is 17.1 Å². The fraction of sp³-hybridized carbons (Fsp3) is 0.485. The number of nitrogens with zero attached hydrogens (tertiary/aromatic N) is 8. The van der Waals surface area contributed by atoms with Gasteiger partial charge in [0, 0.05) is 64.7 Å². The largest absolute Gasteiger partial charge is 0.419 e. The highest BCUT2D eigenvalue weighted by Crippen LogP contribution is 2.39. The lowest BCUT2D eigenvalue weighted by Crippen LogP contribution is -2.66. The summed E-state index contributed by atoms with van der Waals surface area (Å²) in [6.07, 6.45) is 1.64. The van der Waals surface area contributed by atoms with Crippen LogP contribution in [0.2, 0.25) is 25.7 Å². The van der Waals surface area contributed by atoms with Crippen molar-refractivity contribution in [2.45, 2.75) is 69.4 Å². The van der Waals surface area contributed by atoms with Gasteiger partial charge in [0.1, 0.15) is 30.1 Å². The predicted octanol–water partition coefficient (Wildman–Crippen LogP) is 5.58. The molecule has 4 aromatic rings. The summed E-state index contributed by atoms with van der Waals surface area (Å²) in [5.41, 5.74) is 5.77. The number of aromatic nitrogens is 5. The minimum atomic E-state index is -4.89. The second-order valence-corrected chi connectivity index (χ2v) is 19.7. The fourth-order valence-electron chi connectivity index (χ4n) is 6.65. The summed E-state index contributed by atoms with van der Waals surface area (Å²) < 4.78 is 63.9. The van der Waals surface area contributed by atoms with E-state index in [0.717, 1.165) is 23.6 Å². The third kappa shape index (κ3) is 6.92. The van der Waals surface area contributed by atoms with Crippen LogP contribution in [0.3, 0.4) is 0 Å². The van der Waals surface area contributed by atoms with Gasteiger partial charge in [0.05, 0.1) is 34.9 Å². The number of hydrogen-bond donors (Lipinski definition) is 1. The summed E-state index contributed by atoms with van der Waals surface area (Å²) in [5.74, 6) is -2.03. The van der Waals surface area contributed by atoms with Crippen LogP contribution in [0.25, 0.3) is 22.3 Å². The van der Waals surface area contributed by atoms with E-state index in [1.165, 1.54) is 11.2 Å². The number of amides is 1. The van der Waals surface area contributed by atoms with Crippen LogP contribution >= 0.6 is 0 Å². The number of ether oxygens (including phenoxy) is 1. The number of nitriles is 1. The maximum absolute atomic E-state index is 14.6. The SMILES string of the molecule is C[Si](C)(C)CCOCn1ccc2c(-c3cn(C4(CC#N)CN(C5CCN(C(=O)c6cccc(C(F)(F)F)c6F)CC5)C4)nc3N)ncnc21. The molecule has 0 atom stereocenters. The molecule has 6 rings (SSSR count). The highest BCUT2D eigenvalue weighted by molar-refractivity contribution is 6.76. The minimum absolute atomic E-state index is 0.0730. The van der Waals surface area contributed by atoms with Gasteiger partial charge in [0.15, 0.2) is 5.82 Å². The van der Waals surface area contributed by atoms with Gasteiger partial charge in [-0.3, -0.25) is 14.4 Å². The maximum atomic E-state index is 14.6. The molecule has 0 aliphatic carbocycles. The van der Waals surface area contributed by atoms with E-state index in [2.05, 4.69) is 45.7 Å². The number of nitrogen functional groups attached to an aromatic ring is 1. The van der Waals surface area contributed by atoms with Crippen molar-refractivity contribution in [3.8, 4) is 17.3 Å². The third-order valence-corrected chi connectivity index (χ3v) is 11.2. The molecule has 2 N–H and O–H groups in total. The number of likely N-dealkylation sites (tertiary alicyclic amines) is 2. The molecular weight excluding hydrogens is 659 g/mol. The number of carbonyl (C=O) groups is 1. The minimum Gasteiger partial charge on any atom is -0.382 e. The van der Waals surface area contributed by atoms with Crippen molar-refractivity contribution in [2.75, 3.05) is 38.5 Å². The molecular formula is C33H39F4N9O2Si. The van der Waals surface area contributed by atoms with Gasteiger partial charge in [-0.05, 0) is 37.1 Å². The van der Waals surface area contributed by atoms with Crippen LogP contribution in [0.1, 0.15) is 35.2 Å². The lowest BCUT2D eigenvalue weighted by Gasteiger charge is -2.53. The van der Waals surface area contributed by atoms with Crippen LogP contribution in [-0.4, -0.2) is 86.9 Å². The first-order valence-corrected chi connectivity index (χ1v) is 19.9. The molecule has 0 bridgehead atoms. The highest BCUT2D eigenvalue weighted by atomic mass is 28.3. The van der Waals surface area contributed by atoms with Crippen LogP contribution in [0.15, 0.2) is 43.0 Å². The number of rotatable bonds is 10. The second-order valence-electron chi connectivity index (χ2n) is 14.1. The molecule has 0 unspecified atom stereocenters. The summed E-state index contributed by atoms with van der Waals surface area (Å²) in [6.45, 7) is 9.55. The smallest absolute Gasteiger partial charge is 0.382 e. The molecule has 49 heavy (non-hydrogen) atoms. The van der Waals surface area contributed by atoms with Crippen molar-refractivity contribution < 1.29 is 27.1 Å². The van der Waals surface area contributed by atoms with E-state index in [4.69, 9.17) is 10.5 Å². The lowest BCUT2D eigenvalue weighted by atomic mass is 9.83. The van der Waals surface area contributed by atoms with E-state index >= 15 is 0 Å². The average molecular weight is 698 g/mol. The number of halogens is 4. The van der Waals surface area contributed by atoms with E-state index in [1.54, 1.807) is 4.68 Å². The van der Waals surface area contributed by atoms with Crippen molar-refractivity contribution >= 4 is 30.8 Å². The molecule has 0 saturated carbocycles. The molecule has 2 aliphatic rings. The zero-order valence-electron chi connectivity index (χ0n) is 27.7. The Morgan fingerprint density at radius 1 is 1.16 bits per heavy atom. The van der Waals surface area contributed by atoms with Gasteiger partial charge in [-0.2, -0.15) is 23.5 Å². The van der Waals surface area contributed by atoms with Crippen molar-refractivity contribution in [3.05, 3.63) is 59.9 Å². The molecule has 2 fully saturated rings. The van der Waals surface area contributed by atoms with Gasteiger partial charge in [-0.1, -0.05) is 25.7 Å². The highest BCUT2D eigenvalue weighted by Gasteiger charge is 2.49. The van der Waals surface area contributed by atoms with Crippen molar-refractivity contribution in [3.63, 3.8) is 0 Å². The number of hydrogen-bond acceptors (Lipinski definition) is 8. The Labute approximate surface area is 282 Å². The van der Waals surface area contributed by atoms with Gasteiger partial charge in [0.2, 0.25) is 0 Å². The van der Waals surface area contributed by atoms with Crippen molar-refractivity contribution in [1.82, 2.24) is 34.1 Å². The van der Waals surface area contributed by atoms with Crippen molar-refractivity contribution in [1.29, 1.82) is 5.26 Å². The average Bonchev–Trinajstić information content (AvgIpc) is 3.63. The molecule has 0 radical (unpaired) electrons. The number of fused-ring (bicyclic) bond motifs is 1. The summed E-state index contributed by atoms with van der Waals surface area (Å²) in [7, 11) is -1.21. The van der Waals surface area contributed by atoms with Crippen LogP contribution in [0.4, 0.5) is 23.4 Å². The molecule has 5 heterocycles. The topological polar surface area (TPSA) is 131 Å². The van der Waals surface area contributed by atoms with E-state index in [9.17, 15) is 27.6 Å². The van der Waals surface area contributed by atoms with Gasteiger partial charge >= 0.3 is 6.18 Å². The number of nitrogens with two attached hydrogens (primary N) is 1. The second kappa shape index (κ2) is 13.2. The Morgan fingerprint density at radius 3 is 2.57 bits per heavy atom. The van der Waals surface area contributed by atoms with Crippen LogP contribution in [-0.2, 0) is 23.2 Å². The Hall–Kier alpha value is -4.33. The number of benzene rings is 1. The molecule has 11 nitrogen and oxygen atoms in total. The molecule has 260 valence electrons. The predicted molar refractivity (Wildman–Crippen MR) is 177 cm³/mol. The van der Waals surface area contributed by atoms with Crippen LogP contribution in [0.5, 0.6) is 0 Å². The molecule has 2 aliphatic heterocycles. The van der Waals surface area contributed by atoms with E-state index in [1.807, 2.05) is 23.0 Å². The van der Waals surface area contributed by atoms with Gasteiger partial charge < -0.3 is 19.9 Å². The zero-order chi connectivity index (χ0) is 35.1. The quantitative estimate of drug-likeness (QED) is 0.129. The maximum Gasteiger partial charge on any atom is 0.419 e. The normalized spacial score (nSPS) is 17.3. The fourth-order valence-corrected chi connectivity index (χ4v) is 7.41. The van der Waals surface area contributed by atoms with Crippen LogP contribution < -0.4 is 5.73 Å². The third-order valence-electron chi connectivity index (χ3n) is 9.47. The zero-order valence-corrected chi connectivity index (χ0v) is 28.7. The number of carbonyl (C=O) groups excluding carboxylic acids is 1. The molecule has 1 aromatic carbocycles. The van der Waals surface area contributed by atoms with E-state index < -0.39 is 42.6 Å². The first kappa shape index (κ1) is 34.5. The molecule has 16 heteroatoms. The van der Waals surface area contributed by atoms with E-state index in [-0.39, 0.29) is 31.4 Å². The first-order chi connectivity index (χ1) is 23.2. The number of alkyl halides is 3. The number of anilines is 1. The van der Waals surface area contributed by atoms with Crippen molar-refractivity contribution in [2.24, 2.45) is 0 Å². The summed E-state index contributed by atoms with van der Waals surface area (Å²) >= 11 is 0. The van der Waals surface area contributed by atoms with Gasteiger partial charge in [-0.15, -0.1) is 0 Å². The molecule has 0 spiro atoms. The summed E-state index contributed by atoms with van der Waals surface area (Å²) in [5, 5.41) is 15.2. The van der Waals surface area contributed by atoms with E-state index in [0.29, 0.717) is 62.2 Å². The Bertz CT molecular complexity index is 1880. The molecule has 2 saturated heterocycles.